The van der Waals surface area contributed by atoms with Crippen molar-refractivity contribution in [2.75, 3.05) is 19.0 Å². The molecule has 2 aromatic rings. The van der Waals surface area contributed by atoms with Crippen LogP contribution in [0.1, 0.15) is 11.1 Å². The van der Waals surface area contributed by atoms with Gasteiger partial charge >= 0.3 is 5.97 Å². The molecule has 3 rings (SSSR count). The summed E-state index contributed by atoms with van der Waals surface area (Å²) < 4.78 is 10.4. The molecule has 0 bridgehead atoms. The van der Waals surface area contributed by atoms with Crippen LogP contribution in [0, 0.1) is 0 Å². The Bertz CT molecular complexity index is 833. The van der Waals surface area contributed by atoms with Crippen molar-refractivity contribution in [3.63, 3.8) is 0 Å². The first kappa shape index (κ1) is 17.0. The van der Waals surface area contributed by atoms with Gasteiger partial charge in [-0.2, -0.15) is 0 Å². The third kappa shape index (κ3) is 3.80. The highest BCUT2D eigenvalue weighted by atomic mass is 35.5. The first-order valence-electron chi connectivity index (χ1n) is 7.52. The Kier molecular flexibility index (Phi) is 5.00. The Morgan fingerprint density at radius 1 is 1.28 bits per heavy atom. The van der Waals surface area contributed by atoms with E-state index in [1.807, 2.05) is 30.3 Å². The van der Waals surface area contributed by atoms with Crippen molar-refractivity contribution in [1.82, 2.24) is 0 Å². The molecule has 2 aromatic carbocycles. The molecular formula is C18H15ClN2O4. The normalized spacial score (nSPS) is 15.9. The topological polar surface area (TPSA) is 77.0 Å². The molecule has 0 fully saturated rings. The van der Waals surface area contributed by atoms with Crippen molar-refractivity contribution in [3.05, 3.63) is 58.6 Å². The summed E-state index contributed by atoms with van der Waals surface area (Å²) in [5, 5.41) is 3.78. The summed E-state index contributed by atoms with van der Waals surface area (Å²) >= 11 is 5.97. The SMILES string of the molecule is COc1ccc2c(c1)C(c1ccc(Cl)cc1)=N[C@@H](OC(=O)C=O)CN2. The lowest BCUT2D eigenvalue weighted by Gasteiger charge is -2.12. The summed E-state index contributed by atoms with van der Waals surface area (Å²) in [6.45, 7) is 0.246. The van der Waals surface area contributed by atoms with Crippen molar-refractivity contribution >= 4 is 35.3 Å². The number of fused-ring (bicyclic) bond motifs is 1. The van der Waals surface area contributed by atoms with Gasteiger partial charge in [-0.05, 0) is 30.3 Å². The zero-order valence-electron chi connectivity index (χ0n) is 13.4. The van der Waals surface area contributed by atoms with E-state index in [0.717, 1.165) is 16.8 Å². The van der Waals surface area contributed by atoms with Crippen LogP contribution < -0.4 is 10.1 Å². The van der Waals surface area contributed by atoms with Crippen molar-refractivity contribution in [2.45, 2.75) is 6.23 Å². The van der Waals surface area contributed by atoms with E-state index in [2.05, 4.69) is 10.3 Å². The van der Waals surface area contributed by atoms with Gasteiger partial charge in [-0.15, -0.1) is 0 Å². The number of carbonyl (C=O) groups excluding carboxylic acids is 2. The van der Waals surface area contributed by atoms with Crippen molar-refractivity contribution < 1.29 is 19.1 Å². The average molecular weight is 359 g/mol. The minimum atomic E-state index is -0.963. The molecule has 1 N–H and O–H groups in total. The number of ether oxygens (including phenoxy) is 2. The van der Waals surface area contributed by atoms with Gasteiger partial charge in [0.15, 0.2) is 0 Å². The number of hydrogen-bond donors (Lipinski definition) is 1. The van der Waals surface area contributed by atoms with Gasteiger partial charge in [-0.3, -0.25) is 4.79 Å². The summed E-state index contributed by atoms with van der Waals surface area (Å²) in [5.74, 6) is -0.292. The molecule has 7 heteroatoms. The second-order valence-electron chi connectivity index (χ2n) is 5.29. The molecule has 0 spiro atoms. The predicted molar refractivity (Wildman–Crippen MR) is 94.5 cm³/mol. The maximum atomic E-state index is 11.3. The van der Waals surface area contributed by atoms with Crippen LogP contribution in [0.15, 0.2) is 47.5 Å². The number of anilines is 1. The van der Waals surface area contributed by atoms with Crippen LogP contribution in [0.4, 0.5) is 5.69 Å². The highest BCUT2D eigenvalue weighted by Gasteiger charge is 2.22. The van der Waals surface area contributed by atoms with Crippen LogP contribution >= 0.6 is 11.6 Å². The summed E-state index contributed by atoms with van der Waals surface area (Å²) in [4.78, 5) is 26.4. The smallest absolute Gasteiger partial charge is 0.373 e. The summed E-state index contributed by atoms with van der Waals surface area (Å²) in [6.07, 6.45) is -0.708. The molecule has 6 nitrogen and oxygen atoms in total. The summed E-state index contributed by atoms with van der Waals surface area (Å²) in [7, 11) is 1.58. The van der Waals surface area contributed by atoms with Crippen LogP contribution in [0.5, 0.6) is 5.75 Å². The molecule has 1 aliphatic rings. The molecule has 25 heavy (non-hydrogen) atoms. The quantitative estimate of drug-likeness (QED) is 0.516. The third-order valence-electron chi connectivity index (χ3n) is 3.69. The fourth-order valence-corrected chi connectivity index (χ4v) is 2.65. The van der Waals surface area contributed by atoms with E-state index >= 15 is 0 Å². The summed E-state index contributed by atoms with van der Waals surface area (Å²) in [6, 6.07) is 12.7. The van der Waals surface area contributed by atoms with Gasteiger partial charge in [-0.25, -0.2) is 9.79 Å². The molecule has 0 saturated carbocycles. The van der Waals surface area contributed by atoms with E-state index in [0.29, 0.717) is 16.5 Å². The second kappa shape index (κ2) is 7.36. The van der Waals surface area contributed by atoms with Gasteiger partial charge in [0, 0.05) is 21.8 Å². The number of rotatable bonds is 4. The molecule has 1 aliphatic heterocycles. The van der Waals surface area contributed by atoms with Crippen molar-refractivity contribution in [2.24, 2.45) is 4.99 Å². The molecule has 0 radical (unpaired) electrons. The molecule has 1 atom stereocenters. The number of halogens is 1. The van der Waals surface area contributed by atoms with Gasteiger partial charge in [-0.1, -0.05) is 23.7 Å². The van der Waals surface area contributed by atoms with Crippen LogP contribution in [-0.2, 0) is 14.3 Å². The van der Waals surface area contributed by atoms with Gasteiger partial charge < -0.3 is 14.8 Å². The Hall–Kier alpha value is -2.86. The molecule has 0 saturated heterocycles. The maximum absolute atomic E-state index is 11.3. The molecule has 0 aliphatic carbocycles. The minimum Gasteiger partial charge on any atom is -0.497 e. The number of nitrogens with one attached hydrogen (secondary N) is 1. The lowest BCUT2D eigenvalue weighted by molar-refractivity contribution is -0.152. The van der Waals surface area contributed by atoms with Gasteiger partial charge in [0.25, 0.3) is 0 Å². The molecule has 0 unspecified atom stereocenters. The number of benzene rings is 2. The second-order valence-corrected chi connectivity index (χ2v) is 5.72. The molecule has 0 aromatic heterocycles. The number of hydrogen-bond acceptors (Lipinski definition) is 6. The Morgan fingerprint density at radius 3 is 2.72 bits per heavy atom. The van der Waals surface area contributed by atoms with Crippen molar-refractivity contribution in [3.8, 4) is 5.75 Å². The number of esters is 1. The lowest BCUT2D eigenvalue weighted by Crippen LogP contribution is -2.24. The van der Waals surface area contributed by atoms with E-state index < -0.39 is 12.2 Å². The molecule has 1 heterocycles. The number of aliphatic imine (C=N–C) groups is 1. The third-order valence-corrected chi connectivity index (χ3v) is 3.94. The average Bonchev–Trinajstić information content (AvgIpc) is 2.81. The monoisotopic (exact) mass is 358 g/mol. The lowest BCUT2D eigenvalue weighted by atomic mass is 10.0. The van der Waals surface area contributed by atoms with Crippen LogP contribution in [0.2, 0.25) is 5.02 Å². The molecular weight excluding hydrogens is 344 g/mol. The van der Waals surface area contributed by atoms with E-state index in [9.17, 15) is 9.59 Å². The zero-order chi connectivity index (χ0) is 17.8. The fraction of sp³-hybridized carbons (Fsp3) is 0.167. The zero-order valence-corrected chi connectivity index (χ0v) is 14.1. The summed E-state index contributed by atoms with van der Waals surface area (Å²) in [5.41, 5.74) is 3.03. The predicted octanol–water partition coefficient (Wildman–Crippen LogP) is 2.68. The fourth-order valence-electron chi connectivity index (χ4n) is 2.52. The molecule has 0 amide bonds. The van der Waals surface area contributed by atoms with E-state index in [1.165, 1.54) is 0 Å². The first-order chi connectivity index (χ1) is 12.1. The minimum absolute atomic E-state index is 0.124. The van der Waals surface area contributed by atoms with Crippen LogP contribution in [0.3, 0.4) is 0 Å². The molecule has 128 valence electrons. The van der Waals surface area contributed by atoms with E-state index in [-0.39, 0.29) is 12.8 Å². The maximum Gasteiger partial charge on any atom is 0.373 e. The number of carbonyl (C=O) groups is 2. The standard InChI is InChI=1S/C18H15ClN2O4/c1-24-13-6-7-15-14(8-13)18(11-2-4-12(19)5-3-11)21-16(9-20-15)25-17(23)10-22/h2-8,10,16,20H,9H2,1H3/t16-/m0/s1. The van der Waals surface area contributed by atoms with Gasteiger partial charge in [0.2, 0.25) is 12.5 Å². The largest absolute Gasteiger partial charge is 0.497 e. The van der Waals surface area contributed by atoms with E-state index in [1.54, 1.807) is 19.2 Å². The number of nitrogens with zero attached hydrogens (tertiary/aromatic N) is 1. The van der Waals surface area contributed by atoms with Gasteiger partial charge in [0.1, 0.15) is 5.75 Å². The van der Waals surface area contributed by atoms with E-state index in [4.69, 9.17) is 21.1 Å². The highest BCUT2D eigenvalue weighted by molar-refractivity contribution is 6.30. The van der Waals surface area contributed by atoms with Crippen molar-refractivity contribution in [1.29, 1.82) is 0 Å². The first-order valence-corrected chi connectivity index (χ1v) is 7.90. The highest BCUT2D eigenvalue weighted by Crippen LogP contribution is 2.28. The number of benzodiazepines with no additional fused rings is 1. The Balaban J connectivity index is 2.10. The number of methoxy groups -OCH3 is 1. The van der Waals surface area contributed by atoms with Crippen LogP contribution in [-0.4, -0.2) is 37.8 Å². The number of aldehydes is 1. The van der Waals surface area contributed by atoms with Gasteiger partial charge in [0.05, 0.1) is 19.4 Å². The van der Waals surface area contributed by atoms with Crippen LogP contribution in [0.25, 0.3) is 0 Å². The Morgan fingerprint density at radius 2 is 2.04 bits per heavy atom. The Labute approximate surface area is 149 Å².